The fraction of sp³-hybridized carbons (Fsp3) is 0.346. The Balaban J connectivity index is 1.60. The van der Waals surface area contributed by atoms with Crippen molar-refractivity contribution in [1.29, 1.82) is 0 Å². The molecule has 0 saturated heterocycles. The topological polar surface area (TPSA) is 135 Å². The summed E-state index contributed by atoms with van der Waals surface area (Å²) in [4.78, 5) is 21.0. The highest BCUT2D eigenvalue weighted by Crippen LogP contribution is 2.41. The van der Waals surface area contributed by atoms with Crippen molar-refractivity contribution in [3.05, 3.63) is 77.5 Å². The molecule has 2 heterocycles. The highest BCUT2D eigenvalue weighted by Gasteiger charge is 2.42. The van der Waals surface area contributed by atoms with E-state index in [9.17, 15) is 26.4 Å². The zero-order valence-corrected chi connectivity index (χ0v) is 21.3. The van der Waals surface area contributed by atoms with Gasteiger partial charge in [-0.25, -0.2) is 26.6 Å². The molecule has 0 aliphatic heterocycles. The summed E-state index contributed by atoms with van der Waals surface area (Å²) in [5.74, 6) is -4.68. The van der Waals surface area contributed by atoms with E-state index in [1.54, 1.807) is 13.0 Å². The largest absolute Gasteiger partial charge is 0.395 e. The van der Waals surface area contributed by atoms with Crippen molar-refractivity contribution in [1.82, 2.24) is 9.97 Å². The normalized spacial score (nSPS) is 21.7. The Kier molecular flexibility index (Phi) is 8.14. The maximum atomic E-state index is 14.4. The fourth-order valence-electron chi connectivity index (χ4n) is 5.22. The van der Waals surface area contributed by atoms with E-state index in [1.165, 1.54) is 12.4 Å². The van der Waals surface area contributed by atoms with Crippen molar-refractivity contribution in [3.8, 4) is 11.3 Å². The Morgan fingerprint density at radius 2 is 1.82 bits per heavy atom. The summed E-state index contributed by atoms with van der Waals surface area (Å²) in [5.41, 5.74) is 5.70. The Labute approximate surface area is 218 Å². The molecule has 1 saturated carbocycles. The van der Waals surface area contributed by atoms with Crippen LogP contribution in [-0.2, 0) is 9.84 Å². The highest BCUT2D eigenvalue weighted by molar-refractivity contribution is 7.92. The van der Waals surface area contributed by atoms with Crippen LogP contribution in [0.5, 0.6) is 0 Å². The van der Waals surface area contributed by atoms with Crippen molar-refractivity contribution >= 4 is 21.4 Å². The van der Waals surface area contributed by atoms with Crippen LogP contribution in [0.25, 0.3) is 11.3 Å². The molecule has 4 atom stereocenters. The van der Waals surface area contributed by atoms with E-state index >= 15 is 0 Å². The lowest BCUT2D eigenvalue weighted by Gasteiger charge is -2.39. The van der Waals surface area contributed by atoms with Gasteiger partial charge in [0, 0.05) is 12.2 Å². The van der Waals surface area contributed by atoms with Gasteiger partial charge in [0.2, 0.25) is 0 Å². The molecule has 0 bridgehead atoms. The first-order valence-electron chi connectivity index (χ1n) is 12.0. The number of aliphatic hydroxyl groups is 1. The number of sulfone groups is 1. The van der Waals surface area contributed by atoms with Crippen molar-refractivity contribution in [2.75, 3.05) is 17.7 Å². The van der Waals surface area contributed by atoms with Gasteiger partial charge in [-0.15, -0.1) is 0 Å². The van der Waals surface area contributed by atoms with E-state index < -0.39 is 62.4 Å². The van der Waals surface area contributed by atoms with Crippen LogP contribution in [0.3, 0.4) is 0 Å². The van der Waals surface area contributed by atoms with Gasteiger partial charge in [0.25, 0.3) is 5.91 Å². The molecular formula is C26H27F3N4O4S. The van der Waals surface area contributed by atoms with E-state index in [0.717, 1.165) is 30.3 Å². The zero-order chi connectivity index (χ0) is 27.6. The van der Waals surface area contributed by atoms with Crippen LogP contribution >= 0.6 is 0 Å². The number of hydrogen-bond donors (Lipinski definition) is 3. The first-order valence-corrected chi connectivity index (χ1v) is 13.7. The molecule has 1 aliphatic carbocycles. The average Bonchev–Trinajstić information content (AvgIpc) is 2.84. The number of halogens is 3. The Hall–Kier alpha value is -3.35. The number of pyridine rings is 2. The maximum absolute atomic E-state index is 14.4. The SMILES string of the molecule is C[C@H]1CC(c2ccncc2NC(=O)c2ccc(F)c(-c3c(F)cccc3F)n2)C[C@@H](N)[C@H]1S(=O)(=O)CCO. The van der Waals surface area contributed by atoms with Gasteiger partial charge in [0.1, 0.15) is 28.8 Å². The Bertz CT molecular complexity index is 1420. The molecular weight excluding hydrogens is 521 g/mol. The summed E-state index contributed by atoms with van der Waals surface area (Å²) >= 11 is 0. The van der Waals surface area contributed by atoms with Crippen LogP contribution in [0.2, 0.25) is 0 Å². The van der Waals surface area contributed by atoms with Crippen molar-refractivity contribution < 1.29 is 31.5 Å². The minimum absolute atomic E-state index is 0.205. The zero-order valence-electron chi connectivity index (χ0n) is 20.4. The standard InChI is InChI=1S/C26H27F3N4O4S/c1-14-11-15(12-20(30)25(14)38(36,37)10-9-34)16-7-8-31-13-22(16)33-26(35)21-6-5-19(29)24(32-21)23-17(27)3-2-4-18(23)28/h2-8,13-15,20,25,34H,9-12,30H2,1H3,(H,33,35)/t14-,15?,20+,25-/m0/s1. The second-order valence-electron chi connectivity index (χ2n) is 9.41. The first-order chi connectivity index (χ1) is 18.0. The Morgan fingerprint density at radius 1 is 1.11 bits per heavy atom. The number of nitrogens with two attached hydrogens (primary N) is 1. The number of aromatic nitrogens is 2. The fourth-order valence-corrected chi connectivity index (χ4v) is 7.21. The lowest BCUT2D eigenvalue weighted by Crippen LogP contribution is -2.50. The van der Waals surface area contributed by atoms with Gasteiger partial charge in [-0.1, -0.05) is 13.0 Å². The van der Waals surface area contributed by atoms with E-state index in [-0.39, 0.29) is 23.3 Å². The summed E-state index contributed by atoms with van der Waals surface area (Å²) in [6, 6.07) is 6.07. The van der Waals surface area contributed by atoms with Gasteiger partial charge in [-0.05, 0) is 60.6 Å². The summed E-state index contributed by atoms with van der Waals surface area (Å²) in [6.07, 6.45) is 3.73. The number of nitrogens with zero attached hydrogens (tertiary/aromatic N) is 2. The minimum atomic E-state index is -3.59. The first kappa shape index (κ1) is 27.7. The van der Waals surface area contributed by atoms with Crippen LogP contribution in [0.1, 0.15) is 41.7 Å². The number of carbonyl (C=O) groups excluding carboxylic acids is 1. The second-order valence-corrected chi connectivity index (χ2v) is 11.7. The molecule has 2 aromatic heterocycles. The van der Waals surface area contributed by atoms with E-state index in [1.807, 2.05) is 0 Å². The molecule has 1 aromatic carbocycles. The van der Waals surface area contributed by atoms with E-state index in [4.69, 9.17) is 10.8 Å². The molecule has 3 aromatic rings. The quantitative estimate of drug-likeness (QED) is 0.412. The molecule has 1 fully saturated rings. The summed E-state index contributed by atoms with van der Waals surface area (Å²) < 4.78 is 68.2. The number of aliphatic hydroxyl groups excluding tert-OH is 1. The van der Waals surface area contributed by atoms with Gasteiger partial charge < -0.3 is 16.2 Å². The number of rotatable bonds is 7. The molecule has 8 nitrogen and oxygen atoms in total. The lowest BCUT2D eigenvalue weighted by molar-refractivity contribution is 0.102. The van der Waals surface area contributed by atoms with Gasteiger partial charge in [0.05, 0.1) is 35.1 Å². The predicted octanol–water partition coefficient (Wildman–Crippen LogP) is 3.43. The van der Waals surface area contributed by atoms with Gasteiger partial charge >= 0.3 is 0 Å². The molecule has 12 heteroatoms. The molecule has 4 rings (SSSR count). The molecule has 0 spiro atoms. The third-order valence-electron chi connectivity index (χ3n) is 6.81. The second kappa shape index (κ2) is 11.2. The van der Waals surface area contributed by atoms with E-state index in [0.29, 0.717) is 24.1 Å². The monoisotopic (exact) mass is 548 g/mol. The highest BCUT2D eigenvalue weighted by atomic mass is 32.2. The van der Waals surface area contributed by atoms with Crippen LogP contribution in [0.15, 0.2) is 48.8 Å². The molecule has 4 N–H and O–H groups in total. The van der Waals surface area contributed by atoms with Gasteiger partial charge in [-0.3, -0.25) is 9.78 Å². The number of nitrogens with one attached hydrogen (secondary N) is 1. The average molecular weight is 549 g/mol. The van der Waals surface area contributed by atoms with Crippen molar-refractivity contribution in [2.45, 2.75) is 37.0 Å². The van der Waals surface area contributed by atoms with Crippen LogP contribution < -0.4 is 11.1 Å². The molecule has 0 radical (unpaired) electrons. The molecule has 38 heavy (non-hydrogen) atoms. The third kappa shape index (κ3) is 5.57. The third-order valence-corrected chi connectivity index (χ3v) is 9.20. The van der Waals surface area contributed by atoms with Gasteiger partial charge in [0.15, 0.2) is 9.84 Å². The smallest absolute Gasteiger partial charge is 0.274 e. The number of amides is 1. The number of hydrogen-bond acceptors (Lipinski definition) is 7. The molecule has 1 amide bonds. The van der Waals surface area contributed by atoms with Crippen LogP contribution in [-0.4, -0.2) is 53.1 Å². The number of benzene rings is 1. The number of carbonyl (C=O) groups is 1. The van der Waals surface area contributed by atoms with Crippen molar-refractivity contribution in [2.24, 2.45) is 11.7 Å². The van der Waals surface area contributed by atoms with Crippen LogP contribution in [0.4, 0.5) is 18.9 Å². The molecule has 1 unspecified atom stereocenters. The summed E-state index contributed by atoms with van der Waals surface area (Å²) in [5, 5.41) is 11.0. The van der Waals surface area contributed by atoms with E-state index in [2.05, 4.69) is 15.3 Å². The lowest BCUT2D eigenvalue weighted by atomic mass is 9.76. The maximum Gasteiger partial charge on any atom is 0.274 e. The minimum Gasteiger partial charge on any atom is -0.395 e. The molecule has 1 aliphatic rings. The Morgan fingerprint density at radius 3 is 2.47 bits per heavy atom. The summed E-state index contributed by atoms with van der Waals surface area (Å²) in [7, 11) is -3.59. The predicted molar refractivity (Wildman–Crippen MR) is 136 cm³/mol. The van der Waals surface area contributed by atoms with Crippen LogP contribution in [0, 0.1) is 23.4 Å². The summed E-state index contributed by atoms with van der Waals surface area (Å²) in [6.45, 7) is 1.31. The van der Waals surface area contributed by atoms with Crippen molar-refractivity contribution in [3.63, 3.8) is 0 Å². The van der Waals surface area contributed by atoms with Gasteiger partial charge in [-0.2, -0.15) is 0 Å². The molecule has 202 valence electrons. The number of anilines is 1.